The lowest BCUT2D eigenvalue weighted by Crippen LogP contribution is -2.31. The summed E-state index contributed by atoms with van der Waals surface area (Å²) in [6, 6.07) is 15.8. The average Bonchev–Trinajstić information content (AvgIpc) is 3.99. The molecule has 3 rings (SSSR count). The average molecular weight is 767 g/mol. The van der Waals surface area contributed by atoms with Crippen molar-refractivity contribution in [3.63, 3.8) is 0 Å². The zero-order valence-electron chi connectivity index (χ0n) is 37.1. The molecule has 5 nitrogen and oxygen atoms in total. The molecule has 0 aromatic heterocycles. The molecule has 0 saturated heterocycles. The van der Waals surface area contributed by atoms with Crippen molar-refractivity contribution < 1.29 is 14.3 Å². The van der Waals surface area contributed by atoms with E-state index in [9.17, 15) is 4.79 Å². The first-order valence-electron chi connectivity index (χ1n) is 20.0. The highest BCUT2D eigenvalue weighted by atomic mass is 32.1. The lowest BCUT2D eigenvalue weighted by molar-refractivity contribution is -0.152. The van der Waals surface area contributed by atoms with Gasteiger partial charge in [0.1, 0.15) is 0 Å². The quantitative estimate of drug-likeness (QED) is 0.0648. The number of allylic oxidation sites excluding steroid dienone is 2. The number of aryl methyl sites for hydroxylation is 4. The first-order valence-corrected chi connectivity index (χ1v) is 20.8. The zero-order valence-corrected chi connectivity index (χ0v) is 38.0. The van der Waals surface area contributed by atoms with Gasteiger partial charge in [-0.15, -0.1) is 13.2 Å². The van der Waals surface area contributed by atoms with Crippen LogP contribution in [0.15, 0.2) is 92.4 Å². The molecule has 5 atom stereocenters. The minimum Gasteiger partial charge on any atom is -0.483 e. The van der Waals surface area contributed by atoms with Crippen LogP contribution in [0.3, 0.4) is 0 Å². The van der Waals surface area contributed by atoms with Crippen LogP contribution in [0.2, 0.25) is 0 Å². The molecule has 1 saturated carbocycles. The third-order valence-corrected chi connectivity index (χ3v) is 9.11. The van der Waals surface area contributed by atoms with Gasteiger partial charge >= 0.3 is 5.97 Å². The Morgan fingerprint density at radius 2 is 1.57 bits per heavy atom. The second-order valence-corrected chi connectivity index (χ2v) is 14.0. The van der Waals surface area contributed by atoms with Crippen molar-refractivity contribution in [2.45, 2.75) is 120 Å². The first kappa shape index (κ1) is 55.1. The lowest BCUT2D eigenvalue weighted by atomic mass is 9.96. The van der Waals surface area contributed by atoms with Gasteiger partial charge in [-0.1, -0.05) is 122 Å². The van der Waals surface area contributed by atoms with Crippen molar-refractivity contribution in [1.82, 2.24) is 10.6 Å². The number of methoxy groups -OCH3 is 1. The predicted molar refractivity (Wildman–Crippen MR) is 244 cm³/mol. The molecule has 2 N–H and O–H groups in total. The van der Waals surface area contributed by atoms with Gasteiger partial charge in [0.05, 0.1) is 12.9 Å². The SMILES string of the molecule is C/C=C/CC[C@H](C)C1CC1c1ccc(CC)cc1.C=C.C=C(CNC)NC[C@@H](C)C(=C)O[C@@H](CC(C)C)C(=O)OC.CC.CS.Cc1ccc(C)c(C)c1. The molecule has 0 heterocycles. The molecule has 1 fully saturated rings. The second kappa shape index (κ2) is 34.3. The monoisotopic (exact) mass is 767 g/mol. The summed E-state index contributed by atoms with van der Waals surface area (Å²) in [7, 11) is 3.24. The smallest absolute Gasteiger partial charge is 0.347 e. The summed E-state index contributed by atoms with van der Waals surface area (Å²) in [6.07, 6.45) is 11.3. The first-order chi connectivity index (χ1) is 25.8. The number of likely N-dealkylation sites (N-methyl/N-ethyl adjacent to an activating group) is 1. The summed E-state index contributed by atoms with van der Waals surface area (Å²) < 4.78 is 10.5. The van der Waals surface area contributed by atoms with Crippen molar-refractivity contribution in [2.24, 2.45) is 23.7 Å². The highest BCUT2D eigenvalue weighted by Gasteiger charge is 2.41. The fourth-order valence-electron chi connectivity index (χ4n) is 5.60. The number of esters is 1. The van der Waals surface area contributed by atoms with Crippen molar-refractivity contribution >= 4 is 18.6 Å². The molecule has 1 aliphatic carbocycles. The molecule has 2 aromatic carbocycles. The van der Waals surface area contributed by atoms with Gasteiger partial charge in [-0.05, 0) is 119 Å². The number of rotatable bonds is 17. The van der Waals surface area contributed by atoms with Crippen LogP contribution in [0.5, 0.6) is 0 Å². The molecule has 0 bridgehead atoms. The number of ether oxygens (including phenoxy) is 2. The molecule has 0 aliphatic heterocycles. The van der Waals surface area contributed by atoms with Gasteiger partial charge < -0.3 is 20.1 Å². The van der Waals surface area contributed by atoms with E-state index >= 15 is 0 Å². The zero-order chi connectivity index (χ0) is 42.2. The topological polar surface area (TPSA) is 59.6 Å². The molecule has 308 valence electrons. The molecular weight excluding hydrogens is 685 g/mol. The number of nitrogens with one attached hydrogen (secondary N) is 2. The number of carbonyl (C=O) groups excluding carboxylic acids is 1. The molecule has 0 spiro atoms. The van der Waals surface area contributed by atoms with E-state index < -0.39 is 6.10 Å². The van der Waals surface area contributed by atoms with Gasteiger partial charge in [-0.3, -0.25) is 0 Å². The van der Waals surface area contributed by atoms with E-state index in [0.717, 1.165) is 29.9 Å². The summed E-state index contributed by atoms with van der Waals surface area (Å²) in [4.78, 5) is 11.7. The van der Waals surface area contributed by atoms with Crippen molar-refractivity contribution in [3.8, 4) is 0 Å². The fourth-order valence-corrected chi connectivity index (χ4v) is 5.60. The third kappa shape index (κ3) is 25.0. The summed E-state index contributed by atoms with van der Waals surface area (Å²) in [5.41, 5.74) is 8.03. The van der Waals surface area contributed by atoms with Crippen LogP contribution < -0.4 is 10.6 Å². The highest BCUT2D eigenvalue weighted by molar-refractivity contribution is 7.79. The van der Waals surface area contributed by atoms with E-state index in [1.807, 2.05) is 41.7 Å². The largest absolute Gasteiger partial charge is 0.483 e. The molecular formula is C48H82N2O3S. The molecule has 6 heteroatoms. The second-order valence-electron chi connectivity index (χ2n) is 14.0. The summed E-state index contributed by atoms with van der Waals surface area (Å²) in [5, 5.41) is 6.23. The standard InChI is InChI=1S/C18H26.C16H30N2O3.C9H12.C2H6.C2H4.CH4S/c1-4-6-7-8-14(3)17-13-18(17)16-11-9-15(5-2)10-12-16;1-11(2)8-15(16(19)20-7)21-14(5)12(3)9-18-13(4)10-17-6;1-7-4-5-8(2)9(3)6-7;3*1-2/h4,6,9-12,14,17-18H,5,7-8,13H2,1-3H3;11-12,15,17-18H,4-5,8-10H2,1-3,6-7H3;4-6H,1-3H3;1-2H3;1-2H2;2H,1H3/b6-4+;;;;;/t14-,17?,18?;12-,15+;;;;/m01..../s1. The van der Waals surface area contributed by atoms with Gasteiger partial charge in [0.2, 0.25) is 0 Å². The predicted octanol–water partition coefficient (Wildman–Crippen LogP) is 12.4. The lowest BCUT2D eigenvalue weighted by Gasteiger charge is -2.23. The Hall–Kier alpha value is -3.22. The Balaban J connectivity index is -0.000000710. The summed E-state index contributed by atoms with van der Waals surface area (Å²) >= 11 is 3.53. The number of thiol groups is 1. The number of hydrogen-bond acceptors (Lipinski definition) is 6. The van der Waals surface area contributed by atoms with Crippen molar-refractivity contribution in [3.05, 3.63) is 120 Å². The number of benzene rings is 2. The van der Waals surface area contributed by atoms with E-state index in [-0.39, 0.29) is 11.9 Å². The maximum Gasteiger partial charge on any atom is 0.347 e. The third-order valence-electron chi connectivity index (χ3n) is 9.11. The molecule has 0 radical (unpaired) electrons. The van der Waals surface area contributed by atoms with Crippen LogP contribution in [0.1, 0.15) is 115 Å². The van der Waals surface area contributed by atoms with Gasteiger partial charge in [-0.25, -0.2) is 4.79 Å². The Labute approximate surface area is 340 Å². The van der Waals surface area contributed by atoms with E-state index in [0.29, 0.717) is 31.2 Å². The number of carbonyl (C=O) groups is 1. The minimum atomic E-state index is -0.592. The van der Waals surface area contributed by atoms with E-state index in [1.165, 1.54) is 48.6 Å². The van der Waals surface area contributed by atoms with E-state index in [2.05, 4.69) is 146 Å². The summed E-state index contributed by atoms with van der Waals surface area (Å²) in [6.45, 7) is 38.4. The normalized spacial score (nSPS) is 15.3. The van der Waals surface area contributed by atoms with E-state index in [1.54, 1.807) is 11.8 Å². The summed E-state index contributed by atoms with van der Waals surface area (Å²) in [5.74, 6) is 3.28. The molecule has 2 aromatic rings. The van der Waals surface area contributed by atoms with Gasteiger partial charge in [0.25, 0.3) is 0 Å². The Morgan fingerprint density at radius 1 is 0.981 bits per heavy atom. The van der Waals surface area contributed by atoms with Gasteiger partial charge in [-0.2, -0.15) is 12.6 Å². The van der Waals surface area contributed by atoms with Gasteiger partial charge in [0.15, 0.2) is 6.10 Å². The molecule has 54 heavy (non-hydrogen) atoms. The number of hydrogen-bond donors (Lipinski definition) is 3. The minimum absolute atomic E-state index is 0.0675. The Morgan fingerprint density at radius 3 is 2.04 bits per heavy atom. The van der Waals surface area contributed by atoms with Crippen molar-refractivity contribution in [2.75, 3.05) is 33.5 Å². The van der Waals surface area contributed by atoms with E-state index in [4.69, 9.17) is 9.47 Å². The Bertz CT molecular complexity index is 1290. The Kier molecular flexibility index (Phi) is 35.0. The highest BCUT2D eigenvalue weighted by Crippen LogP contribution is 2.52. The maximum absolute atomic E-state index is 11.7. The van der Waals surface area contributed by atoms with Crippen molar-refractivity contribution in [1.29, 1.82) is 0 Å². The fraction of sp³-hybridized carbons (Fsp3) is 0.562. The molecule has 0 amide bonds. The van der Waals surface area contributed by atoms with Crippen LogP contribution >= 0.6 is 12.6 Å². The van der Waals surface area contributed by atoms with Crippen LogP contribution in [0.25, 0.3) is 0 Å². The molecule has 1 aliphatic rings. The molecule has 2 unspecified atom stereocenters. The van der Waals surface area contributed by atoms with Gasteiger partial charge in [0, 0.05) is 24.7 Å². The maximum atomic E-state index is 11.7. The van der Waals surface area contributed by atoms with Crippen LogP contribution in [-0.4, -0.2) is 45.6 Å². The van der Waals surface area contributed by atoms with Crippen LogP contribution in [-0.2, 0) is 20.7 Å². The van der Waals surface area contributed by atoms with Crippen LogP contribution in [0.4, 0.5) is 0 Å². The van der Waals surface area contributed by atoms with Crippen LogP contribution in [0, 0.1) is 44.4 Å².